The van der Waals surface area contributed by atoms with Gasteiger partial charge >= 0.3 is 0 Å². The number of hydrogen-bond donors (Lipinski definition) is 0. The molecule has 0 heterocycles. The Bertz CT molecular complexity index is 413. The Balaban J connectivity index is 1.82. The third-order valence-corrected chi connectivity index (χ3v) is 5.99. The van der Waals surface area contributed by atoms with Crippen molar-refractivity contribution in [2.45, 2.75) is 58.4 Å². The van der Waals surface area contributed by atoms with Crippen molar-refractivity contribution in [2.24, 2.45) is 29.1 Å². The molecule has 0 N–H and O–H groups in total. The van der Waals surface area contributed by atoms with E-state index in [-0.39, 0.29) is 23.3 Å². The molecular formula is C17H26N2O. The normalized spacial score (nSPS) is 39.6. The van der Waals surface area contributed by atoms with Crippen LogP contribution < -0.4 is 0 Å². The second-order valence-corrected chi connectivity index (χ2v) is 7.93. The van der Waals surface area contributed by atoms with Gasteiger partial charge in [-0.3, -0.25) is 4.79 Å². The van der Waals surface area contributed by atoms with E-state index in [1.165, 1.54) is 19.3 Å². The molecule has 4 saturated carbocycles. The van der Waals surface area contributed by atoms with E-state index in [2.05, 4.69) is 6.07 Å². The average Bonchev–Trinajstić information content (AvgIpc) is 2.36. The van der Waals surface area contributed by atoms with Gasteiger partial charge in [-0.1, -0.05) is 13.8 Å². The summed E-state index contributed by atoms with van der Waals surface area (Å²) in [6.07, 6.45) is 7.29. The quantitative estimate of drug-likeness (QED) is 0.793. The van der Waals surface area contributed by atoms with Crippen LogP contribution in [0.1, 0.15) is 52.4 Å². The molecule has 0 radical (unpaired) electrons. The fourth-order valence-electron chi connectivity index (χ4n) is 5.56. The van der Waals surface area contributed by atoms with E-state index in [0.29, 0.717) is 0 Å². The third-order valence-electron chi connectivity index (χ3n) is 5.99. The first-order valence-corrected chi connectivity index (χ1v) is 8.12. The monoisotopic (exact) mass is 274 g/mol. The zero-order valence-electron chi connectivity index (χ0n) is 12.9. The second-order valence-electron chi connectivity index (χ2n) is 7.93. The second kappa shape index (κ2) is 4.76. The van der Waals surface area contributed by atoms with Crippen molar-refractivity contribution in [1.29, 1.82) is 5.26 Å². The molecule has 4 rings (SSSR count). The maximum Gasteiger partial charge on any atom is 0.229 e. The lowest BCUT2D eigenvalue weighted by atomic mass is 9.49. The van der Waals surface area contributed by atoms with Crippen molar-refractivity contribution in [1.82, 2.24) is 4.90 Å². The first kappa shape index (κ1) is 13.9. The lowest BCUT2D eigenvalue weighted by molar-refractivity contribution is -0.158. The molecule has 3 heteroatoms. The number of nitrogens with zero attached hydrogens (tertiary/aromatic N) is 2. The van der Waals surface area contributed by atoms with Crippen LogP contribution >= 0.6 is 0 Å². The highest BCUT2D eigenvalue weighted by Crippen LogP contribution is 2.60. The molecule has 0 aromatic rings. The molecule has 110 valence electrons. The largest absolute Gasteiger partial charge is 0.329 e. The molecule has 0 aromatic heterocycles. The van der Waals surface area contributed by atoms with Crippen molar-refractivity contribution in [3.05, 3.63) is 0 Å². The van der Waals surface area contributed by atoms with Crippen LogP contribution in [-0.2, 0) is 4.79 Å². The predicted octanol–water partition coefficient (Wildman–Crippen LogP) is 3.21. The molecule has 1 amide bonds. The molecule has 3 nitrogen and oxygen atoms in total. The minimum Gasteiger partial charge on any atom is -0.329 e. The SMILES string of the molecule is CC(C)C(C#N)N(C)C(=O)C12CC3CC(CC(C3)C1)C2. The van der Waals surface area contributed by atoms with Crippen LogP contribution in [0.25, 0.3) is 0 Å². The van der Waals surface area contributed by atoms with Crippen LogP contribution in [0.2, 0.25) is 0 Å². The summed E-state index contributed by atoms with van der Waals surface area (Å²) < 4.78 is 0. The number of carbonyl (C=O) groups excluding carboxylic acids is 1. The molecule has 0 aromatic carbocycles. The Kier molecular flexibility index (Phi) is 3.31. The van der Waals surface area contributed by atoms with Crippen molar-refractivity contribution >= 4 is 5.91 Å². The van der Waals surface area contributed by atoms with Gasteiger partial charge in [0.25, 0.3) is 0 Å². The molecular weight excluding hydrogens is 248 g/mol. The molecule has 4 bridgehead atoms. The number of nitriles is 1. The fourth-order valence-corrected chi connectivity index (χ4v) is 5.56. The third kappa shape index (κ3) is 2.05. The first-order valence-electron chi connectivity index (χ1n) is 8.12. The van der Waals surface area contributed by atoms with Crippen LogP contribution in [0, 0.1) is 40.4 Å². The number of carbonyl (C=O) groups is 1. The van der Waals surface area contributed by atoms with Gasteiger partial charge in [0.15, 0.2) is 0 Å². The Morgan fingerprint density at radius 2 is 1.60 bits per heavy atom. The summed E-state index contributed by atoms with van der Waals surface area (Å²) in [5, 5.41) is 9.35. The van der Waals surface area contributed by atoms with E-state index in [9.17, 15) is 10.1 Å². The minimum absolute atomic E-state index is 0.118. The van der Waals surface area contributed by atoms with Gasteiger partial charge in [-0.05, 0) is 62.2 Å². The van der Waals surface area contributed by atoms with E-state index >= 15 is 0 Å². The lowest BCUT2D eigenvalue weighted by Gasteiger charge is -2.56. The molecule has 0 spiro atoms. The van der Waals surface area contributed by atoms with E-state index in [4.69, 9.17) is 0 Å². The van der Waals surface area contributed by atoms with Crippen molar-refractivity contribution in [3.63, 3.8) is 0 Å². The smallest absolute Gasteiger partial charge is 0.229 e. The van der Waals surface area contributed by atoms with E-state index in [0.717, 1.165) is 37.0 Å². The lowest BCUT2D eigenvalue weighted by Crippen LogP contribution is -2.56. The number of amides is 1. The Hall–Kier alpha value is -1.04. The van der Waals surface area contributed by atoms with Gasteiger partial charge < -0.3 is 4.90 Å². The van der Waals surface area contributed by atoms with Crippen LogP contribution in [0.15, 0.2) is 0 Å². The van der Waals surface area contributed by atoms with Gasteiger partial charge in [0, 0.05) is 7.05 Å². The van der Waals surface area contributed by atoms with E-state index in [1.807, 2.05) is 20.9 Å². The summed E-state index contributed by atoms with van der Waals surface area (Å²) in [6.45, 7) is 4.05. The first-order chi connectivity index (χ1) is 9.45. The number of hydrogen-bond acceptors (Lipinski definition) is 2. The maximum absolute atomic E-state index is 13.1. The van der Waals surface area contributed by atoms with E-state index in [1.54, 1.807) is 4.90 Å². The summed E-state index contributed by atoms with van der Waals surface area (Å²) in [5.41, 5.74) is -0.118. The Morgan fingerprint density at radius 1 is 1.15 bits per heavy atom. The van der Waals surface area contributed by atoms with Gasteiger partial charge in [-0.15, -0.1) is 0 Å². The van der Waals surface area contributed by atoms with Gasteiger partial charge in [0.1, 0.15) is 6.04 Å². The van der Waals surface area contributed by atoms with Crippen LogP contribution in [0.4, 0.5) is 0 Å². The van der Waals surface area contributed by atoms with Crippen molar-refractivity contribution < 1.29 is 4.79 Å². The summed E-state index contributed by atoms with van der Waals surface area (Å²) in [7, 11) is 1.84. The van der Waals surface area contributed by atoms with Crippen LogP contribution in [0.5, 0.6) is 0 Å². The maximum atomic E-state index is 13.1. The van der Waals surface area contributed by atoms with Crippen molar-refractivity contribution in [2.75, 3.05) is 7.05 Å². The molecule has 1 unspecified atom stereocenters. The Labute approximate surface area is 122 Å². The van der Waals surface area contributed by atoms with Crippen molar-refractivity contribution in [3.8, 4) is 6.07 Å². The fraction of sp³-hybridized carbons (Fsp3) is 0.882. The molecule has 1 atom stereocenters. The summed E-state index contributed by atoms with van der Waals surface area (Å²) >= 11 is 0. The highest BCUT2D eigenvalue weighted by molar-refractivity contribution is 5.83. The molecule has 4 aliphatic carbocycles. The standard InChI is InChI=1S/C17H26N2O/c1-11(2)15(10-18)19(3)16(20)17-7-12-4-13(8-17)6-14(5-12)9-17/h11-15H,4-9H2,1-3H3. The van der Waals surface area contributed by atoms with Gasteiger partial charge in [-0.25, -0.2) is 0 Å². The van der Waals surface area contributed by atoms with Crippen LogP contribution in [0.3, 0.4) is 0 Å². The molecule has 0 saturated heterocycles. The van der Waals surface area contributed by atoms with Gasteiger partial charge in [0.2, 0.25) is 5.91 Å². The average molecular weight is 274 g/mol. The topological polar surface area (TPSA) is 44.1 Å². The molecule has 0 aliphatic heterocycles. The Morgan fingerprint density at radius 3 is 1.95 bits per heavy atom. The highest BCUT2D eigenvalue weighted by atomic mass is 16.2. The summed E-state index contributed by atoms with van der Waals surface area (Å²) in [5.74, 6) is 2.79. The van der Waals surface area contributed by atoms with Gasteiger partial charge in [0.05, 0.1) is 11.5 Å². The summed E-state index contributed by atoms with van der Waals surface area (Å²) in [4.78, 5) is 14.8. The molecule has 4 aliphatic rings. The zero-order chi connectivity index (χ0) is 14.5. The van der Waals surface area contributed by atoms with Gasteiger partial charge in [-0.2, -0.15) is 5.26 Å². The highest BCUT2D eigenvalue weighted by Gasteiger charge is 2.55. The zero-order valence-corrected chi connectivity index (χ0v) is 12.9. The number of rotatable bonds is 3. The predicted molar refractivity (Wildman–Crippen MR) is 77.6 cm³/mol. The summed E-state index contributed by atoms with van der Waals surface area (Å²) in [6, 6.07) is 2.04. The van der Waals surface area contributed by atoms with E-state index < -0.39 is 0 Å². The minimum atomic E-state index is -0.282. The molecule has 4 fully saturated rings. The van der Waals surface area contributed by atoms with Crippen LogP contribution in [-0.4, -0.2) is 23.9 Å². The molecule has 20 heavy (non-hydrogen) atoms.